The number of halogens is 1. The topological polar surface area (TPSA) is 67.8 Å². The minimum absolute atomic E-state index is 0.101. The number of aryl methyl sites for hydroxylation is 1. The lowest BCUT2D eigenvalue weighted by Crippen LogP contribution is -2.24. The Morgan fingerprint density at radius 3 is 2.73 bits per heavy atom. The quantitative estimate of drug-likeness (QED) is 0.729. The highest BCUT2D eigenvalue weighted by Crippen LogP contribution is 2.38. The van der Waals surface area contributed by atoms with Crippen LogP contribution in [0.1, 0.15) is 37.0 Å². The van der Waals surface area contributed by atoms with E-state index in [1.807, 2.05) is 38.1 Å². The van der Waals surface area contributed by atoms with Crippen molar-refractivity contribution in [2.75, 3.05) is 5.48 Å². The summed E-state index contributed by atoms with van der Waals surface area (Å²) in [5, 5.41) is 8.70. The first-order chi connectivity index (χ1) is 12.3. The molecule has 0 unspecified atom stereocenters. The minimum Gasteiger partial charge on any atom is -0.487 e. The van der Waals surface area contributed by atoms with Gasteiger partial charge in [0.1, 0.15) is 23.8 Å². The first-order valence-electron chi connectivity index (χ1n) is 8.51. The van der Waals surface area contributed by atoms with Gasteiger partial charge in [0.05, 0.1) is 5.69 Å². The van der Waals surface area contributed by atoms with E-state index in [0.29, 0.717) is 24.2 Å². The molecule has 2 aromatic rings. The van der Waals surface area contributed by atoms with Crippen molar-refractivity contribution < 1.29 is 23.9 Å². The van der Waals surface area contributed by atoms with Gasteiger partial charge < -0.3 is 9.84 Å². The third kappa shape index (κ3) is 4.52. The molecule has 1 heterocycles. The highest BCUT2D eigenvalue weighted by molar-refractivity contribution is 5.67. The monoisotopic (exact) mass is 359 g/mol. The second kappa shape index (κ2) is 7.33. The zero-order valence-corrected chi connectivity index (χ0v) is 14.8. The lowest BCUT2D eigenvalue weighted by atomic mass is 10.0. The second-order valence-electron chi connectivity index (χ2n) is 7.07. The van der Waals surface area contributed by atoms with Crippen LogP contribution in [-0.2, 0) is 29.1 Å². The molecule has 3 rings (SSSR count). The Morgan fingerprint density at radius 2 is 2.04 bits per heavy atom. The average molecular weight is 359 g/mol. The Bertz CT molecular complexity index is 802. The molecular formula is C20H22FNO4. The van der Waals surface area contributed by atoms with Crippen LogP contribution in [0.25, 0.3) is 0 Å². The number of fused-ring (bicyclic) bond motifs is 1. The number of hydrogen-bond acceptors (Lipinski definition) is 4. The number of benzene rings is 2. The first kappa shape index (κ1) is 18.2. The average Bonchev–Trinajstić information content (AvgIpc) is 2.88. The van der Waals surface area contributed by atoms with E-state index in [1.165, 1.54) is 12.1 Å². The fraction of sp³-hybridized carbons (Fsp3) is 0.350. The highest BCUT2D eigenvalue weighted by atomic mass is 19.1. The zero-order chi connectivity index (χ0) is 18.7. The number of ether oxygens (including phenoxy) is 1. The van der Waals surface area contributed by atoms with Crippen molar-refractivity contribution in [3.05, 3.63) is 58.9 Å². The molecule has 26 heavy (non-hydrogen) atoms. The third-order valence-electron chi connectivity index (χ3n) is 4.20. The van der Waals surface area contributed by atoms with Gasteiger partial charge in [0.15, 0.2) is 0 Å². The Labute approximate surface area is 151 Å². The maximum absolute atomic E-state index is 13.8. The maximum Gasteiger partial charge on any atom is 0.303 e. The molecule has 138 valence electrons. The number of carboxylic acid groups (broad SMARTS) is 1. The maximum atomic E-state index is 13.8. The summed E-state index contributed by atoms with van der Waals surface area (Å²) in [6.07, 6.45) is 1.25. The molecule has 0 atom stereocenters. The number of rotatable bonds is 7. The standard InChI is InChI=1S/C20H22FNO4/c1-20(2)11-14-9-16(21)10-15(19(14)26-20)12-25-22-17-6-3-13(4-7-17)5-8-18(23)24/h3-4,6-7,9-10,22H,5,8,11-12H2,1-2H3,(H,23,24). The summed E-state index contributed by atoms with van der Waals surface area (Å²) in [7, 11) is 0. The SMILES string of the molecule is CC1(C)Cc2cc(F)cc(CONc3ccc(CCC(=O)O)cc3)c2O1. The summed E-state index contributed by atoms with van der Waals surface area (Å²) in [5.41, 5.74) is 5.68. The van der Waals surface area contributed by atoms with Crippen LogP contribution >= 0.6 is 0 Å². The Kier molecular flexibility index (Phi) is 5.13. The van der Waals surface area contributed by atoms with E-state index in [-0.39, 0.29) is 24.4 Å². The normalized spacial score (nSPS) is 14.6. The van der Waals surface area contributed by atoms with E-state index in [2.05, 4.69) is 5.48 Å². The van der Waals surface area contributed by atoms with Crippen molar-refractivity contribution in [3.63, 3.8) is 0 Å². The zero-order valence-electron chi connectivity index (χ0n) is 14.8. The molecule has 0 fully saturated rings. The summed E-state index contributed by atoms with van der Waals surface area (Å²) in [6, 6.07) is 10.3. The van der Waals surface area contributed by atoms with Gasteiger partial charge in [-0.3, -0.25) is 15.1 Å². The van der Waals surface area contributed by atoms with E-state index in [9.17, 15) is 9.18 Å². The van der Waals surface area contributed by atoms with E-state index < -0.39 is 5.97 Å². The van der Waals surface area contributed by atoms with Gasteiger partial charge in [-0.2, -0.15) is 0 Å². The van der Waals surface area contributed by atoms with Gasteiger partial charge in [0.2, 0.25) is 0 Å². The summed E-state index contributed by atoms with van der Waals surface area (Å²) in [4.78, 5) is 16.1. The van der Waals surface area contributed by atoms with Gasteiger partial charge in [-0.1, -0.05) is 12.1 Å². The van der Waals surface area contributed by atoms with Crippen molar-refractivity contribution in [1.82, 2.24) is 0 Å². The Balaban J connectivity index is 1.58. The van der Waals surface area contributed by atoms with Crippen LogP contribution in [0, 0.1) is 5.82 Å². The van der Waals surface area contributed by atoms with Gasteiger partial charge in [-0.05, 0) is 50.1 Å². The Hall–Kier alpha value is -2.60. The van der Waals surface area contributed by atoms with Gasteiger partial charge in [-0.15, -0.1) is 0 Å². The largest absolute Gasteiger partial charge is 0.487 e. The fourth-order valence-electron chi connectivity index (χ4n) is 3.04. The van der Waals surface area contributed by atoms with Crippen LogP contribution in [0.15, 0.2) is 36.4 Å². The molecule has 0 spiro atoms. The molecule has 0 aromatic heterocycles. The molecule has 5 nitrogen and oxygen atoms in total. The van der Waals surface area contributed by atoms with E-state index in [1.54, 1.807) is 0 Å². The van der Waals surface area contributed by atoms with Gasteiger partial charge in [0.25, 0.3) is 0 Å². The predicted octanol–water partition coefficient (Wildman–Crippen LogP) is 4.10. The van der Waals surface area contributed by atoms with Crippen LogP contribution in [-0.4, -0.2) is 16.7 Å². The summed E-state index contributed by atoms with van der Waals surface area (Å²) < 4.78 is 19.7. The number of anilines is 1. The molecule has 0 saturated carbocycles. The van der Waals surface area contributed by atoms with Crippen LogP contribution in [0.4, 0.5) is 10.1 Å². The number of aliphatic carboxylic acids is 1. The van der Waals surface area contributed by atoms with E-state index in [0.717, 1.165) is 16.8 Å². The molecule has 0 bridgehead atoms. The summed E-state index contributed by atoms with van der Waals surface area (Å²) in [6.45, 7) is 4.11. The molecule has 1 aliphatic heterocycles. The van der Waals surface area contributed by atoms with Crippen molar-refractivity contribution in [1.29, 1.82) is 0 Å². The summed E-state index contributed by atoms with van der Waals surface area (Å²) in [5.74, 6) is -0.419. The van der Waals surface area contributed by atoms with E-state index >= 15 is 0 Å². The molecule has 2 N–H and O–H groups in total. The molecular weight excluding hydrogens is 337 g/mol. The van der Waals surface area contributed by atoms with Crippen LogP contribution in [0.3, 0.4) is 0 Å². The summed E-state index contributed by atoms with van der Waals surface area (Å²) >= 11 is 0. The smallest absolute Gasteiger partial charge is 0.303 e. The number of carboxylic acids is 1. The van der Waals surface area contributed by atoms with Crippen LogP contribution in [0.5, 0.6) is 5.75 Å². The minimum atomic E-state index is -0.816. The van der Waals surface area contributed by atoms with Gasteiger partial charge >= 0.3 is 5.97 Å². The fourth-order valence-corrected chi connectivity index (χ4v) is 3.04. The van der Waals surface area contributed by atoms with Crippen LogP contribution < -0.4 is 10.2 Å². The van der Waals surface area contributed by atoms with Crippen molar-refractivity contribution in [2.45, 2.75) is 45.3 Å². The van der Waals surface area contributed by atoms with Crippen molar-refractivity contribution in [2.24, 2.45) is 0 Å². The molecule has 0 saturated heterocycles. The lowest BCUT2D eigenvalue weighted by molar-refractivity contribution is -0.136. The molecule has 2 aromatic carbocycles. The van der Waals surface area contributed by atoms with Crippen molar-refractivity contribution >= 4 is 11.7 Å². The molecule has 1 aliphatic rings. The Morgan fingerprint density at radius 1 is 1.31 bits per heavy atom. The number of nitrogens with one attached hydrogen (secondary N) is 1. The predicted molar refractivity (Wildman–Crippen MR) is 95.6 cm³/mol. The van der Waals surface area contributed by atoms with E-state index in [4.69, 9.17) is 14.7 Å². The second-order valence-corrected chi connectivity index (χ2v) is 7.07. The van der Waals surface area contributed by atoms with Crippen molar-refractivity contribution in [3.8, 4) is 5.75 Å². The molecule has 0 radical (unpaired) electrons. The van der Waals surface area contributed by atoms with Gasteiger partial charge in [-0.25, -0.2) is 4.39 Å². The lowest BCUT2D eigenvalue weighted by Gasteiger charge is -2.18. The number of carbonyl (C=O) groups is 1. The molecule has 0 amide bonds. The highest BCUT2D eigenvalue weighted by Gasteiger charge is 2.32. The molecule has 6 heteroatoms. The van der Waals surface area contributed by atoms with Crippen LogP contribution in [0.2, 0.25) is 0 Å². The van der Waals surface area contributed by atoms with Gasteiger partial charge in [0, 0.05) is 24.0 Å². The number of hydrogen-bond donors (Lipinski definition) is 2. The first-order valence-corrected chi connectivity index (χ1v) is 8.51. The molecule has 0 aliphatic carbocycles. The third-order valence-corrected chi connectivity index (χ3v) is 4.20.